The van der Waals surface area contributed by atoms with Crippen molar-refractivity contribution in [2.24, 2.45) is 0 Å². The van der Waals surface area contributed by atoms with Crippen LogP contribution in [0.2, 0.25) is 0 Å². The van der Waals surface area contributed by atoms with E-state index in [1.165, 1.54) is 23.1 Å². The zero-order chi connectivity index (χ0) is 15.5. The number of Topliss-reactive ketones (excluding diaryl/α,β-unsaturated/α-hetero) is 1. The Kier molecular flexibility index (Phi) is 4.54. The molecule has 2 aromatic rings. The van der Waals surface area contributed by atoms with Crippen LogP contribution in [-0.2, 0) is 4.79 Å². The predicted molar refractivity (Wildman–Crippen MR) is 87.7 cm³/mol. The molecule has 0 N–H and O–H groups in total. The largest absolute Gasteiger partial charge is 0.312 e. The van der Waals surface area contributed by atoms with Gasteiger partial charge in [-0.3, -0.25) is 9.59 Å². The van der Waals surface area contributed by atoms with E-state index in [9.17, 15) is 9.59 Å². The molecule has 0 aliphatic carbocycles. The fourth-order valence-corrected chi connectivity index (χ4v) is 4.01. The van der Waals surface area contributed by atoms with E-state index in [4.69, 9.17) is 0 Å². The number of carbonyl (C=O) groups excluding carboxylic acids is 2. The van der Waals surface area contributed by atoms with Crippen molar-refractivity contribution >= 4 is 40.5 Å². The maximum atomic E-state index is 12.2. The molecule has 1 saturated heterocycles. The molecule has 1 aromatic carbocycles. The molecule has 114 valence electrons. The number of benzene rings is 1. The molecule has 1 amide bonds. The molecule has 1 aromatic heterocycles. The Morgan fingerprint density at radius 1 is 1.32 bits per heavy atom. The van der Waals surface area contributed by atoms with E-state index in [0.717, 1.165) is 28.0 Å². The molecule has 7 heteroatoms. The molecule has 0 spiro atoms. The van der Waals surface area contributed by atoms with Crippen molar-refractivity contribution in [3.05, 3.63) is 34.8 Å². The summed E-state index contributed by atoms with van der Waals surface area (Å²) in [6.45, 7) is 2.65. The van der Waals surface area contributed by atoms with E-state index in [-0.39, 0.29) is 11.7 Å². The van der Waals surface area contributed by atoms with Gasteiger partial charge in [-0.05, 0) is 37.6 Å². The Balaban J connectivity index is 1.62. The van der Waals surface area contributed by atoms with Crippen LogP contribution < -0.4 is 4.90 Å². The van der Waals surface area contributed by atoms with Crippen LogP contribution in [0, 0.1) is 6.92 Å². The van der Waals surface area contributed by atoms with E-state index >= 15 is 0 Å². The van der Waals surface area contributed by atoms with Gasteiger partial charge in [0.15, 0.2) is 10.1 Å². The summed E-state index contributed by atoms with van der Waals surface area (Å²) in [6, 6.07) is 7.26. The van der Waals surface area contributed by atoms with Crippen LogP contribution in [0.1, 0.15) is 28.2 Å². The summed E-state index contributed by atoms with van der Waals surface area (Å²) in [7, 11) is 0. The molecule has 0 atom stereocenters. The zero-order valence-corrected chi connectivity index (χ0v) is 13.7. The van der Waals surface area contributed by atoms with Gasteiger partial charge in [-0.25, -0.2) is 0 Å². The standard InChI is InChI=1S/C15H15N3O2S2/c1-10-16-17-15(22-10)21-9-13(19)11-4-6-12(7-5-11)18-8-2-3-14(18)20/h4-7H,2-3,8-9H2,1H3. The van der Waals surface area contributed by atoms with Crippen LogP contribution in [0.5, 0.6) is 0 Å². The minimum atomic E-state index is 0.0529. The van der Waals surface area contributed by atoms with Crippen molar-refractivity contribution in [1.82, 2.24) is 10.2 Å². The van der Waals surface area contributed by atoms with E-state index in [2.05, 4.69) is 10.2 Å². The van der Waals surface area contributed by atoms with Crippen LogP contribution >= 0.6 is 23.1 Å². The number of rotatable bonds is 5. The third-order valence-electron chi connectivity index (χ3n) is 3.41. The second kappa shape index (κ2) is 6.58. The third-order valence-corrected chi connectivity index (χ3v) is 5.38. The molecule has 0 radical (unpaired) electrons. The van der Waals surface area contributed by atoms with Gasteiger partial charge < -0.3 is 4.90 Å². The molecule has 0 saturated carbocycles. The lowest BCUT2D eigenvalue weighted by Crippen LogP contribution is -2.23. The predicted octanol–water partition coefficient (Wildman–Crippen LogP) is 2.95. The molecular formula is C15H15N3O2S2. The smallest absolute Gasteiger partial charge is 0.227 e. The molecule has 1 aliphatic heterocycles. The van der Waals surface area contributed by atoms with E-state index in [1.807, 2.05) is 19.1 Å². The molecule has 2 heterocycles. The number of ketones is 1. The summed E-state index contributed by atoms with van der Waals surface area (Å²) >= 11 is 2.89. The van der Waals surface area contributed by atoms with Gasteiger partial charge in [0, 0.05) is 24.2 Å². The van der Waals surface area contributed by atoms with Crippen molar-refractivity contribution in [2.75, 3.05) is 17.2 Å². The van der Waals surface area contributed by atoms with E-state index in [1.54, 1.807) is 17.0 Å². The lowest BCUT2D eigenvalue weighted by molar-refractivity contribution is -0.117. The number of amides is 1. The summed E-state index contributed by atoms with van der Waals surface area (Å²) in [5.74, 6) is 0.551. The lowest BCUT2D eigenvalue weighted by atomic mass is 10.1. The average Bonchev–Trinajstić information content (AvgIpc) is 3.13. The molecule has 1 fully saturated rings. The number of carbonyl (C=O) groups is 2. The zero-order valence-electron chi connectivity index (χ0n) is 12.1. The number of aromatic nitrogens is 2. The summed E-state index contributed by atoms with van der Waals surface area (Å²) in [6.07, 6.45) is 1.51. The minimum Gasteiger partial charge on any atom is -0.312 e. The minimum absolute atomic E-state index is 0.0529. The van der Waals surface area contributed by atoms with Gasteiger partial charge >= 0.3 is 0 Å². The van der Waals surface area contributed by atoms with Crippen molar-refractivity contribution in [1.29, 1.82) is 0 Å². The van der Waals surface area contributed by atoms with E-state index in [0.29, 0.717) is 17.7 Å². The first-order valence-electron chi connectivity index (χ1n) is 7.00. The molecule has 0 unspecified atom stereocenters. The van der Waals surface area contributed by atoms with Crippen LogP contribution in [0.3, 0.4) is 0 Å². The Morgan fingerprint density at radius 2 is 2.09 bits per heavy atom. The van der Waals surface area contributed by atoms with Gasteiger partial charge in [0.1, 0.15) is 5.01 Å². The Morgan fingerprint density at radius 3 is 2.68 bits per heavy atom. The van der Waals surface area contributed by atoms with Gasteiger partial charge in [-0.15, -0.1) is 10.2 Å². The van der Waals surface area contributed by atoms with E-state index < -0.39 is 0 Å². The first-order chi connectivity index (χ1) is 10.6. The second-order valence-electron chi connectivity index (χ2n) is 4.99. The van der Waals surface area contributed by atoms with Crippen molar-refractivity contribution < 1.29 is 9.59 Å². The van der Waals surface area contributed by atoms with Crippen molar-refractivity contribution in [3.8, 4) is 0 Å². The first kappa shape index (κ1) is 15.2. The number of nitrogens with zero attached hydrogens (tertiary/aromatic N) is 3. The van der Waals surface area contributed by atoms with Gasteiger partial charge in [0.25, 0.3) is 0 Å². The number of hydrogen-bond donors (Lipinski definition) is 0. The highest BCUT2D eigenvalue weighted by atomic mass is 32.2. The molecule has 5 nitrogen and oxygen atoms in total. The van der Waals surface area contributed by atoms with Gasteiger partial charge in [-0.1, -0.05) is 23.1 Å². The summed E-state index contributed by atoms with van der Waals surface area (Å²) in [5, 5.41) is 8.82. The lowest BCUT2D eigenvalue weighted by Gasteiger charge is -2.15. The maximum absolute atomic E-state index is 12.2. The second-order valence-corrected chi connectivity index (χ2v) is 7.40. The Bertz CT molecular complexity index is 697. The van der Waals surface area contributed by atoms with Gasteiger partial charge in [0.2, 0.25) is 5.91 Å². The quantitative estimate of drug-likeness (QED) is 0.622. The first-order valence-corrected chi connectivity index (χ1v) is 8.80. The highest BCUT2D eigenvalue weighted by Crippen LogP contribution is 2.24. The fourth-order valence-electron chi connectivity index (χ4n) is 2.30. The molecule has 22 heavy (non-hydrogen) atoms. The molecule has 0 bridgehead atoms. The number of anilines is 1. The monoisotopic (exact) mass is 333 g/mol. The highest BCUT2D eigenvalue weighted by Gasteiger charge is 2.21. The summed E-state index contributed by atoms with van der Waals surface area (Å²) in [5.41, 5.74) is 1.52. The van der Waals surface area contributed by atoms with Crippen LogP contribution in [-0.4, -0.2) is 34.2 Å². The number of hydrogen-bond acceptors (Lipinski definition) is 6. The molecule has 1 aliphatic rings. The number of thioether (sulfide) groups is 1. The normalized spacial score (nSPS) is 14.6. The highest BCUT2D eigenvalue weighted by molar-refractivity contribution is 8.01. The van der Waals surface area contributed by atoms with Gasteiger partial charge in [-0.2, -0.15) is 0 Å². The average molecular weight is 333 g/mol. The van der Waals surface area contributed by atoms with Crippen LogP contribution in [0.15, 0.2) is 28.6 Å². The summed E-state index contributed by atoms with van der Waals surface area (Å²) in [4.78, 5) is 25.6. The third kappa shape index (κ3) is 3.36. The number of aryl methyl sites for hydroxylation is 1. The Hall–Kier alpha value is -1.73. The molecule has 3 rings (SSSR count). The maximum Gasteiger partial charge on any atom is 0.227 e. The van der Waals surface area contributed by atoms with Crippen LogP contribution in [0.25, 0.3) is 0 Å². The van der Waals surface area contributed by atoms with Gasteiger partial charge in [0.05, 0.1) is 5.75 Å². The van der Waals surface area contributed by atoms with Crippen LogP contribution in [0.4, 0.5) is 5.69 Å². The fraction of sp³-hybridized carbons (Fsp3) is 0.333. The summed E-state index contributed by atoms with van der Waals surface area (Å²) < 4.78 is 0.810. The van der Waals surface area contributed by atoms with Crippen molar-refractivity contribution in [3.63, 3.8) is 0 Å². The topological polar surface area (TPSA) is 63.2 Å². The molecular weight excluding hydrogens is 318 g/mol. The SMILES string of the molecule is Cc1nnc(SCC(=O)c2ccc(N3CCCC3=O)cc2)s1. The van der Waals surface area contributed by atoms with Crippen molar-refractivity contribution in [2.45, 2.75) is 24.1 Å². The Labute approximate surface area is 136 Å².